The van der Waals surface area contributed by atoms with Gasteiger partial charge in [-0.2, -0.15) is 8.42 Å². The average Bonchev–Trinajstić information content (AvgIpc) is 3.38. The van der Waals surface area contributed by atoms with E-state index >= 15 is 0 Å². The second kappa shape index (κ2) is 8.68. The molecule has 1 N–H and O–H groups in total. The third-order valence-electron chi connectivity index (χ3n) is 6.32. The number of piperidine rings is 1. The Labute approximate surface area is 197 Å². The van der Waals surface area contributed by atoms with Crippen molar-refractivity contribution in [3.05, 3.63) is 83.7 Å². The molecule has 2 aliphatic rings. The molecule has 1 fully saturated rings. The van der Waals surface area contributed by atoms with Gasteiger partial charge in [0.2, 0.25) is 5.91 Å². The van der Waals surface area contributed by atoms with E-state index in [4.69, 9.17) is 0 Å². The van der Waals surface area contributed by atoms with E-state index in [2.05, 4.69) is 14.7 Å². The minimum absolute atomic E-state index is 0.186. The molecule has 8 nitrogen and oxygen atoms in total. The lowest BCUT2D eigenvalue weighted by atomic mass is 9.95. The van der Waals surface area contributed by atoms with Crippen molar-refractivity contribution in [2.45, 2.75) is 23.8 Å². The smallest absolute Gasteiger partial charge is 0.285 e. The van der Waals surface area contributed by atoms with Gasteiger partial charge in [0.15, 0.2) is 5.84 Å². The van der Waals surface area contributed by atoms with Crippen LogP contribution in [0.15, 0.2) is 70.2 Å². The van der Waals surface area contributed by atoms with Crippen LogP contribution in [0.3, 0.4) is 0 Å². The molecule has 2 aromatic carbocycles. The average molecular weight is 482 g/mol. The summed E-state index contributed by atoms with van der Waals surface area (Å²) in [6, 6.07) is 12.3. The van der Waals surface area contributed by atoms with Gasteiger partial charge in [0.25, 0.3) is 10.0 Å². The number of hydrogen-bond acceptors (Lipinski definition) is 5. The van der Waals surface area contributed by atoms with Crippen molar-refractivity contribution in [3.8, 4) is 0 Å². The molecule has 0 aliphatic carbocycles. The summed E-state index contributed by atoms with van der Waals surface area (Å²) < 4.78 is 45.4. The first-order valence-electron chi connectivity index (χ1n) is 11.1. The Bertz CT molecular complexity index is 1380. The highest BCUT2D eigenvalue weighted by Gasteiger charge is 2.36. The third kappa shape index (κ3) is 3.98. The molecule has 1 saturated heterocycles. The first-order valence-corrected chi connectivity index (χ1v) is 12.5. The highest BCUT2D eigenvalue weighted by Crippen LogP contribution is 2.30. The maximum atomic E-state index is 14.7. The highest BCUT2D eigenvalue weighted by atomic mass is 32.2. The zero-order chi connectivity index (χ0) is 23.9. The summed E-state index contributed by atoms with van der Waals surface area (Å²) in [6.45, 7) is 0.918. The van der Waals surface area contributed by atoms with E-state index in [1.807, 2.05) is 4.90 Å². The van der Waals surface area contributed by atoms with E-state index in [0.717, 1.165) is 0 Å². The maximum absolute atomic E-state index is 14.7. The number of aromatic nitrogens is 2. The van der Waals surface area contributed by atoms with Crippen LogP contribution in [0, 0.1) is 11.7 Å². The van der Waals surface area contributed by atoms with E-state index in [1.54, 1.807) is 66.5 Å². The molecule has 1 amide bonds. The number of sulfonamides is 1. The number of hydrogen-bond donors (Lipinski definition) is 1. The lowest BCUT2D eigenvalue weighted by Crippen LogP contribution is -2.46. The van der Waals surface area contributed by atoms with Gasteiger partial charge in [-0.25, -0.2) is 9.37 Å². The van der Waals surface area contributed by atoms with Gasteiger partial charge in [0, 0.05) is 43.7 Å². The van der Waals surface area contributed by atoms with E-state index in [-0.39, 0.29) is 10.8 Å². The molecule has 10 heteroatoms. The summed E-state index contributed by atoms with van der Waals surface area (Å²) in [7, 11) is -1.95. The van der Waals surface area contributed by atoms with Crippen molar-refractivity contribution in [3.63, 3.8) is 0 Å². The Balaban J connectivity index is 1.40. The van der Waals surface area contributed by atoms with Gasteiger partial charge in [-0.05, 0) is 31.0 Å². The molecule has 2 atom stereocenters. The molecule has 3 heterocycles. The zero-order valence-corrected chi connectivity index (χ0v) is 19.4. The van der Waals surface area contributed by atoms with Gasteiger partial charge in [0.1, 0.15) is 22.6 Å². The molecule has 34 heavy (non-hydrogen) atoms. The van der Waals surface area contributed by atoms with Crippen LogP contribution in [0.2, 0.25) is 0 Å². The Hall–Kier alpha value is -3.53. The van der Waals surface area contributed by atoms with Crippen molar-refractivity contribution in [1.29, 1.82) is 0 Å². The van der Waals surface area contributed by atoms with Crippen LogP contribution in [-0.4, -0.2) is 47.7 Å². The van der Waals surface area contributed by atoms with Crippen LogP contribution in [0.1, 0.15) is 35.8 Å². The Morgan fingerprint density at radius 1 is 1.18 bits per heavy atom. The summed E-state index contributed by atoms with van der Waals surface area (Å²) in [5, 5.41) is 2.99. The summed E-state index contributed by atoms with van der Waals surface area (Å²) in [5.74, 6) is -0.186. The number of nitrogens with zero attached hydrogens (tertiary/aromatic N) is 4. The fraction of sp³-hybridized carbons (Fsp3) is 0.292. The predicted molar refractivity (Wildman–Crippen MR) is 124 cm³/mol. The van der Waals surface area contributed by atoms with Crippen LogP contribution in [0.5, 0.6) is 0 Å². The van der Waals surface area contributed by atoms with Gasteiger partial charge in [-0.15, -0.1) is 4.40 Å². The second-order valence-corrected chi connectivity index (χ2v) is 10.1. The quantitative estimate of drug-likeness (QED) is 0.618. The standard InChI is InChI=1S/C24H24FN5O3S/c1-29-14-12-26-23(29)21(17-8-2-4-10-19(17)25)27-24(31)16-7-6-13-30(15-16)22-18-9-3-5-11-20(18)34(32,33)28-22/h2-5,8-12,14,16,21H,6-7,13,15H2,1H3,(H,27,31). The van der Waals surface area contributed by atoms with Crippen molar-refractivity contribution >= 4 is 21.8 Å². The Morgan fingerprint density at radius 2 is 1.94 bits per heavy atom. The molecule has 0 radical (unpaired) electrons. The Morgan fingerprint density at radius 3 is 2.71 bits per heavy atom. The molecular weight excluding hydrogens is 457 g/mol. The number of likely N-dealkylation sites (tertiary alicyclic amines) is 1. The van der Waals surface area contributed by atoms with Crippen molar-refractivity contribution < 1.29 is 17.6 Å². The molecule has 2 unspecified atom stereocenters. The Kier molecular flexibility index (Phi) is 5.68. The summed E-state index contributed by atoms with van der Waals surface area (Å²) in [6.07, 6.45) is 4.68. The number of rotatable bonds is 4. The topological polar surface area (TPSA) is 96.7 Å². The van der Waals surface area contributed by atoms with Crippen LogP contribution in [0.4, 0.5) is 4.39 Å². The molecular formula is C24H24FN5O3S. The van der Waals surface area contributed by atoms with Crippen molar-refractivity contribution in [2.24, 2.45) is 17.4 Å². The van der Waals surface area contributed by atoms with Gasteiger partial charge in [0.05, 0.1) is 5.92 Å². The molecule has 0 bridgehead atoms. The van der Waals surface area contributed by atoms with Crippen LogP contribution in [0.25, 0.3) is 0 Å². The zero-order valence-electron chi connectivity index (χ0n) is 18.6. The van der Waals surface area contributed by atoms with E-state index in [9.17, 15) is 17.6 Å². The monoisotopic (exact) mass is 481 g/mol. The molecule has 0 saturated carbocycles. The van der Waals surface area contributed by atoms with Crippen molar-refractivity contribution in [2.75, 3.05) is 13.1 Å². The summed E-state index contributed by atoms with van der Waals surface area (Å²) >= 11 is 0. The SMILES string of the molecule is Cn1ccnc1C(NC(=O)C1CCCN(C2=NS(=O)(=O)c3ccccc32)C1)c1ccccc1F. The lowest BCUT2D eigenvalue weighted by Gasteiger charge is -2.34. The summed E-state index contributed by atoms with van der Waals surface area (Å²) in [4.78, 5) is 19.8. The number of aryl methyl sites for hydroxylation is 1. The largest absolute Gasteiger partial charge is 0.355 e. The molecule has 0 spiro atoms. The molecule has 5 rings (SSSR count). The summed E-state index contributed by atoms with van der Waals surface area (Å²) in [5.41, 5.74) is 0.888. The minimum atomic E-state index is -3.74. The van der Waals surface area contributed by atoms with Crippen LogP contribution >= 0.6 is 0 Å². The first kappa shape index (κ1) is 22.3. The number of amidine groups is 1. The van der Waals surface area contributed by atoms with Crippen LogP contribution < -0.4 is 5.32 Å². The number of nitrogens with one attached hydrogen (secondary N) is 1. The van der Waals surface area contributed by atoms with Gasteiger partial charge in [-0.1, -0.05) is 30.3 Å². The van der Waals surface area contributed by atoms with E-state index < -0.39 is 27.8 Å². The van der Waals surface area contributed by atoms with E-state index in [1.165, 1.54) is 6.07 Å². The number of carbonyl (C=O) groups excluding carboxylic acids is 1. The van der Waals surface area contributed by atoms with Gasteiger partial charge >= 0.3 is 0 Å². The van der Waals surface area contributed by atoms with E-state index in [0.29, 0.717) is 48.7 Å². The van der Waals surface area contributed by atoms with Gasteiger partial charge in [-0.3, -0.25) is 4.79 Å². The normalized spacial score (nSPS) is 19.9. The first-order chi connectivity index (χ1) is 16.3. The molecule has 2 aliphatic heterocycles. The number of carbonyl (C=O) groups is 1. The number of imidazole rings is 1. The maximum Gasteiger partial charge on any atom is 0.285 e. The predicted octanol–water partition coefficient (Wildman–Crippen LogP) is 2.63. The van der Waals surface area contributed by atoms with Crippen LogP contribution in [-0.2, 0) is 21.9 Å². The fourth-order valence-electron chi connectivity index (χ4n) is 4.61. The molecule has 3 aromatic rings. The highest BCUT2D eigenvalue weighted by molar-refractivity contribution is 7.90. The molecule has 176 valence electrons. The van der Waals surface area contributed by atoms with Crippen molar-refractivity contribution in [1.82, 2.24) is 19.8 Å². The number of fused-ring (bicyclic) bond motifs is 1. The fourth-order valence-corrected chi connectivity index (χ4v) is 5.83. The minimum Gasteiger partial charge on any atom is -0.355 e. The number of benzene rings is 2. The number of halogens is 1. The second-order valence-electron chi connectivity index (χ2n) is 8.53. The van der Waals surface area contributed by atoms with Gasteiger partial charge < -0.3 is 14.8 Å². The number of amides is 1. The third-order valence-corrected chi connectivity index (χ3v) is 7.65. The lowest BCUT2D eigenvalue weighted by molar-refractivity contribution is -0.126. The molecule has 1 aromatic heterocycles.